The largest absolute Gasteiger partial charge is 0.497 e. The summed E-state index contributed by atoms with van der Waals surface area (Å²) >= 11 is 0. The first-order chi connectivity index (χ1) is 10.7. The third-order valence-corrected chi connectivity index (χ3v) is 3.26. The zero-order chi connectivity index (χ0) is 15.5. The number of ether oxygens (including phenoxy) is 2. The summed E-state index contributed by atoms with van der Waals surface area (Å²) in [7, 11) is 1.60. The molecule has 0 bridgehead atoms. The Labute approximate surface area is 126 Å². The highest BCUT2D eigenvalue weighted by Crippen LogP contribution is 2.23. The lowest BCUT2D eigenvalue weighted by Crippen LogP contribution is -2.02. The highest BCUT2D eigenvalue weighted by Gasteiger charge is 2.20. The second-order valence-electron chi connectivity index (χ2n) is 4.65. The minimum Gasteiger partial charge on any atom is -0.497 e. The van der Waals surface area contributed by atoms with Gasteiger partial charge in [-0.3, -0.25) is 0 Å². The molecule has 2 aromatic heterocycles. The van der Waals surface area contributed by atoms with Crippen LogP contribution >= 0.6 is 0 Å². The van der Waals surface area contributed by atoms with Crippen molar-refractivity contribution >= 4 is 11.5 Å². The van der Waals surface area contributed by atoms with E-state index in [-0.39, 0.29) is 18.1 Å². The monoisotopic (exact) mass is 298 g/mol. The summed E-state index contributed by atoms with van der Waals surface area (Å²) in [5.74, 6) is -0.205. The highest BCUT2D eigenvalue weighted by atomic mass is 16.5. The van der Waals surface area contributed by atoms with Gasteiger partial charge in [-0.05, 0) is 29.8 Å². The van der Waals surface area contributed by atoms with Gasteiger partial charge < -0.3 is 14.6 Å². The first-order valence-electron chi connectivity index (χ1n) is 6.65. The molecule has 1 N–H and O–H groups in total. The number of fused-ring (bicyclic) bond motifs is 1. The molecule has 3 aromatic rings. The van der Waals surface area contributed by atoms with Crippen LogP contribution in [0.1, 0.15) is 15.9 Å². The third kappa shape index (κ3) is 2.58. The van der Waals surface area contributed by atoms with Crippen LogP contribution in [0.4, 0.5) is 0 Å². The SMILES string of the molecule is COc1ccc(COc2nn3ccccc3c2C(=O)O)cc1. The number of nitrogens with zero attached hydrogens (tertiary/aromatic N) is 2. The quantitative estimate of drug-likeness (QED) is 0.784. The van der Waals surface area contributed by atoms with Crippen molar-refractivity contribution in [2.24, 2.45) is 0 Å². The van der Waals surface area contributed by atoms with E-state index >= 15 is 0 Å². The Morgan fingerprint density at radius 3 is 2.68 bits per heavy atom. The number of methoxy groups -OCH3 is 1. The van der Waals surface area contributed by atoms with E-state index in [0.29, 0.717) is 5.52 Å². The summed E-state index contributed by atoms with van der Waals surface area (Å²) in [5.41, 5.74) is 1.46. The second kappa shape index (κ2) is 5.77. The van der Waals surface area contributed by atoms with Crippen molar-refractivity contribution in [1.29, 1.82) is 0 Å². The summed E-state index contributed by atoms with van der Waals surface area (Å²) in [4.78, 5) is 11.4. The van der Waals surface area contributed by atoms with Gasteiger partial charge >= 0.3 is 5.97 Å². The van der Waals surface area contributed by atoms with Crippen LogP contribution in [0.5, 0.6) is 11.6 Å². The van der Waals surface area contributed by atoms with Gasteiger partial charge in [0.2, 0.25) is 5.88 Å². The lowest BCUT2D eigenvalue weighted by atomic mass is 10.2. The highest BCUT2D eigenvalue weighted by molar-refractivity contribution is 5.98. The number of benzene rings is 1. The van der Waals surface area contributed by atoms with E-state index in [4.69, 9.17) is 9.47 Å². The zero-order valence-electron chi connectivity index (χ0n) is 11.9. The smallest absolute Gasteiger partial charge is 0.343 e. The predicted octanol–water partition coefficient (Wildman–Crippen LogP) is 2.62. The maximum atomic E-state index is 11.4. The van der Waals surface area contributed by atoms with Crippen molar-refractivity contribution in [2.75, 3.05) is 7.11 Å². The zero-order valence-corrected chi connectivity index (χ0v) is 11.9. The normalized spacial score (nSPS) is 10.6. The molecule has 1 aromatic carbocycles. The summed E-state index contributed by atoms with van der Waals surface area (Å²) < 4.78 is 12.2. The molecule has 0 saturated carbocycles. The molecule has 0 aliphatic carbocycles. The molecule has 0 spiro atoms. The van der Waals surface area contributed by atoms with Crippen LogP contribution in [0.2, 0.25) is 0 Å². The molecule has 6 nitrogen and oxygen atoms in total. The summed E-state index contributed by atoms with van der Waals surface area (Å²) in [6.07, 6.45) is 1.68. The molecule has 3 rings (SSSR count). The fourth-order valence-corrected chi connectivity index (χ4v) is 2.15. The third-order valence-electron chi connectivity index (χ3n) is 3.26. The number of rotatable bonds is 5. The van der Waals surface area contributed by atoms with Gasteiger partial charge in [-0.15, -0.1) is 5.10 Å². The maximum absolute atomic E-state index is 11.4. The fourth-order valence-electron chi connectivity index (χ4n) is 2.15. The van der Waals surface area contributed by atoms with Gasteiger partial charge in [0.05, 0.1) is 12.6 Å². The van der Waals surface area contributed by atoms with Gasteiger partial charge in [-0.25, -0.2) is 9.31 Å². The van der Waals surface area contributed by atoms with E-state index in [1.54, 1.807) is 31.5 Å². The molecule has 22 heavy (non-hydrogen) atoms. The van der Waals surface area contributed by atoms with Crippen LogP contribution in [-0.4, -0.2) is 27.8 Å². The lowest BCUT2D eigenvalue weighted by molar-refractivity contribution is 0.0694. The standard InChI is InChI=1S/C16H14N2O4/c1-21-12-7-5-11(6-8-12)10-22-15-14(16(19)20)13-4-2-3-9-18(13)17-15/h2-9H,10H2,1H3,(H,19,20). The molecule has 0 fully saturated rings. The van der Waals surface area contributed by atoms with Gasteiger partial charge in [-0.1, -0.05) is 18.2 Å². The van der Waals surface area contributed by atoms with Gasteiger partial charge in [0.15, 0.2) is 0 Å². The Bertz CT molecular complexity index is 809. The van der Waals surface area contributed by atoms with Crippen LogP contribution in [0.3, 0.4) is 0 Å². The number of hydrogen-bond donors (Lipinski definition) is 1. The number of hydrogen-bond acceptors (Lipinski definition) is 4. The average molecular weight is 298 g/mol. The molecular formula is C16H14N2O4. The van der Waals surface area contributed by atoms with Gasteiger partial charge in [-0.2, -0.15) is 0 Å². The Kier molecular flexibility index (Phi) is 3.65. The van der Waals surface area contributed by atoms with Crippen LogP contribution in [0, 0.1) is 0 Å². The predicted molar refractivity (Wildman–Crippen MR) is 79.5 cm³/mol. The first-order valence-corrected chi connectivity index (χ1v) is 6.65. The van der Waals surface area contributed by atoms with E-state index in [0.717, 1.165) is 11.3 Å². The van der Waals surface area contributed by atoms with Crippen molar-refractivity contribution in [2.45, 2.75) is 6.61 Å². The van der Waals surface area contributed by atoms with E-state index in [1.807, 2.05) is 24.3 Å². The Hall–Kier alpha value is -3.02. The van der Waals surface area contributed by atoms with Crippen LogP contribution in [0.25, 0.3) is 5.52 Å². The Morgan fingerprint density at radius 2 is 2.00 bits per heavy atom. The van der Waals surface area contributed by atoms with Gasteiger partial charge in [0, 0.05) is 6.20 Å². The number of carboxylic acids is 1. The van der Waals surface area contributed by atoms with Crippen LogP contribution < -0.4 is 9.47 Å². The molecule has 0 saturated heterocycles. The number of pyridine rings is 1. The molecule has 0 unspecified atom stereocenters. The van der Waals surface area contributed by atoms with Crippen molar-refractivity contribution in [3.63, 3.8) is 0 Å². The minimum atomic E-state index is -1.06. The van der Waals surface area contributed by atoms with Crippen LogP contribution in [0.15, 0.2) is 48.7 Å². The molecule has 0 amide bonds. The van der Waals surface area contributed by atoms with Crippen LogP contribution in [-0.2, 0) is 6.61 Å². The fraction of sp³-hybridized carbons (Fsp3) is 0.125. The molecule has 0 aliphatic heterocycles. The van der Waals surface area contributed by atoms with E-state index in [1.165, 1.54) is 4.52 Å². The summed E-state index contributed by atoms with van der Waals surface area (Å²) in [6, 6.07) is 12.6. The molecule has 2 heterocycles. The minimum absolute atomic E-state index is 0.0640. The molecular weight excluding hydrogens is 284 g/mol. The molecule has 112 valence electrons. The number of aromatic nitrogens is 2. The van der Waals surface area contributed by atoms with Gasteiger partial charge in [0.1, 0.15) is 17.9 Å². The lowest BCUT2D eigenvalue weighted by Gasteiger charge is -2.05. The number of carbonyl (C=O) groups is 1. The van der Waals surface area contributed by atoms with E-state index in [9.17, 15) is 9.90 Å². The summed E-state index contributed by atoms with van der Waals surface area (Å²) in [5, 5.41) is 13.5. The van der Waals surface area contributed by atoms with Crippen molar-refractivity contribution < 1.29 is 19.4 Å². The maximum Gasteiger partial charge on any atom is 0.343 e. The Morgan fingerprint density at radius 1 is 1.23 bits per heavy atom. The van der Waals surface area contributed by atoms with Gasteiger partial charge in [0.25, 0.3) is 0 Å². The topological polar surface area (TPSA) is 73.1 Å². The average Bonchev–Trinajstić information content (AvgIpc) is 2.92. The molecule has 0 aliphatic rings. The van der Waals surface area contributed by atoms with Crippen molar-refractivity contribution in [3.8, 4) is 11.6 Å². The number of aromatic carboxylic acids is 1. The summed E-state index contributed by atoms with van der Waals surface area (Å²) in [6.45, 7) is 0.230. The first kappa shape index (κ1) is 13.9. The number of carboxylic acid groups (broad SMARTS) is 1. The van der Waals surface area contributed by atoms with E-state index < -0.39 is 5.97 Å². The van der Waals surface area contributed by atoms with Crippen molar-refractivity contribution in [1.82, 2.24) is 9.61 Å². The van der Waals surface area contributed by atoms with Crippen molar-refractivity contribution in [3.05, 3.63) is 59.8 Å². The second-order valence-corrected chi connectivity index (χ2v) is 4.65. The molecule has 0 radical (unpaired) electrons. The molecule has 6 heteroatoms. The Balaban J connectivity index is 1.86. The van der Waals surface area contributed by atoms with E-state index in [2.05, 4.69) is 5.10 Å². The molecule has 0 atom stereocenters.